The van der Waals surface area contributed by atoms with E-state index in [2.05, 4.69) is 20.8 Å². The van der Waals surface area contributed by atoms with E-state index in [-0.39, 0.29) is 24.4 Å². The molecule has 1 aliphatic rings. The van der Waals surface area contributed by atoms with E-state index in [0.29, 0.717) is 26.7 Å². The molecule has 0 bridgehead atoms. The van der Waals surface area contributed by atoms with Crippen LogP contribution in [0.2, 0.25) is 0 Å². The molecule has 11 heteroatoms. The molecule has 2 heterocycles. The summed E-state index contributed by atoms with van der Waals surface area (Å²) in [5, 5.41) is 13.4. The average molecular weight is 458 g/mol. The zero-order chi connectivity index (χ0) is 21.6. The quantitative estimate of drug-likeness (QED) is 0.315. The predicted molar refractivity (Wildman–Crippen MR) is 116 cm³/mol. The van der Waals surface area contributed by atoms with Crippen molar-refractivity contribution in [2.75, 3.05) is 23.2 Å². The standard InChI is InChI=1S/C20H15FN4O4S2/c21-13-2-1-3-14(9-13)22-18(27)10-30-20-25-24-19(31-20)23-17(26)7-5-12-4-6-15-16(8-12)29-11-28-15/h1-9H,10-11H2,(H,22,27)(H,23,24,26)/b7-5+. The van der Waals surface area contributed by atoms with Crippen LogP contribution in [-0.2, 0) is 9.59 Å². The van der Waals surface area contributed by atoms with E-state index in [1.807, 2.05) is 6.07 Å². The van der Waals surface area contributed by atoms with E-state index in [0.717, 1.165) is 16.9 Å². The molecule has 0 fully saturated rings. The first-order chi connectivity index (χ1) is 15.0. The molecule has 0 atom stereocenters. The van der Waals surface area contributed by atoms with Gasteiger partial charge in [0.05, 0.1) is 5.75 Å². The van der Waals surface area contributed by atoms with Crippen LogP contribution in [0.4, 0.5) is 15.2 Å². The molecule has 3 aromatic rings. The molecule has 1 aliphatic heterocycles. The van der Waals surface area contributed by atoms with Crippen LogP contribution in [-0.4, -0.2) is 34.6 Å². The molecule has 31 heavy (non-hydrogen) atoms. The number of nitrogens with zero attached hydrogens (tertiary/aromatic N) is 2. The number of amides is 2. The maximum Gasteiger partial charge on any atom is 0.250 e. The second kappa shape index (κ2) is 9.58. The highest BCUT2D eigenvalue weighted by atomic mass is 32.2. The number of hydrogen-bond acceptors (Lipinski definition) is 8. The number of anilines is 2. The summed E-state index contributed by atoms with van der Waals surface area (Å²) in [6, 6.07) is 11.0. The third-order valence-electron chi connectivity index (χ3n) is 3.90. The number of nitrogens with one attached hydrogen (secondary N) is 2. The van der Waals surface area contributed by atoms with Gasteiger partial charge < -0.3 is 14.8 Å². The van der Waals surface area contributed by atoms with Gasteiger partial charge in [-0.15, -0.1) is 10.2 Å². The molecule has 0 saturated carbocycles. The fraction of sp³-hybridized carbons (Fsp3) is 0.100. The van der Waals surface area contributed by atoms with Crippen LogP contribution in [0.5, 0.6) is 11.5 Å². The lowest BCUT2D eigenvalue weighted by Crippen LogP contribution is -2.13. The van der Waals surface area contributed by atoms with Crippen LogP contribution in [0.1, 0.15) is 5.56 Å². The number of thioether (sulfide) groups is 1. The van der Waals surface area contributed by atoms with Crippen molar-refractivity contribution in [3.8, 4) is 11.5 Å². The highest BCUT2D eigenvalue weighted by molar-refractivity contribution is 8.01. The van der Waals surface area contributed by atoms with Crippen molar-refractivity contribution in [3.05, 3.63) is 59.9 Å². The maximum absolute atomic E-state index is 13.2. The van der Waals surface area contributed by atoms with Crippen molar-refractivity contribution < 1.29 is 23.5 Å². The highest BCUT2D eigenvalue weighted by Crippen LogP contribution is 2.32. The van der Waals surface area contributed by atoms with Gasteiger partial charge in [-0.2, -0.15) is 0 Å². The summed E-state index contributed by atoms with van der Waals surface area (Å²) < 4.78 is 24.2. The fourth-order valence-electron chi connectivity index (χ4n) is 2.54. The zero-order valence-electron chi connectivity index (χ0n) is 15.8. The molecule has 158 valence electrons. The van der Waals surface area contributed by atoms with Crippen LogP contribution in [0, 0.1) is 5.82 Å². The summed E-state index contributed by atoms with van der Waals surface area (Å²) in [6.45, 7) is 0.187. The lowest BCUT2D eigenvalue weighted by atomic mass is 10.2. The molecule has 0 spiro atoms. The normalized spacial score (nSPS) is 12.2. The van der Waals surface area contributed by atoms with E-state index in [1.165, 1.54) is 36.0 Å². The van der Waals surface area contributed by atoms with Crippen molar-refractivity contribution in [2.45, 2.75) is 4.34 Å². The number of hydrogen-bond donors (Lipinski definition) is 2. The molecular weight excluding hydrogens is 443 g/mol. The van der Waals surface area contributed by atoms with Gasteiger partial charge in [0.25, 0.3) is 0 Å². The van der Waals surface area contributed by atoms with E-state index < -0.39 is 5.82 Å². The molecule has 0 aliphatic carbocycles. The van der Waals surface area contributed by atoms with Crippen LogP contribution in [0.15, 0.2) is 52.9 Å². The Bertz CT molecular complexity index is 1150. The van der Waals surface area contributed by atoms with E-state index in [4.69, 9.17) is 9.47 Å². The Morgan fingerprint density at radius 3 is 2.87 bits per heavy atom. The minimum Gasteiger partial charge on any atom is -0.454 e. The smallest absolute Gasteiger partial charge is 0.250 e. The SMILES string of the molecule is O=C(/C=C/c1ccc2c(c1)OCO2)Nc1nnc(SCC(=O)Nc2cccc(F)c2)s1. The molecule has 4 rings (SSSR count). The summed E-state index contributed by atoms with van der Waals surface area (Å²) in [5.41, 5.74) is 1.17. The number of carbonyl (C=O) groups is 2. The minimum absolute atomic E-state index is 0.0725. The second-order valence-electron chi connectivity index (χ2n) is 6.16. The number of benzene rings is 2. The summed E-state index contributed by atoms with van der Waals surface area (Å²) in [6.07, 6.45) is 3.02. The largest absolute Gasteiger partial charge is 0.454 e. The number of aromatic nitrogens is 2. The van der Waals surface area contributed by atoms with Crippen molar-refractivity contribution >= 4 is 51.8 Å². The van der Waals surface area contributed by atoms with E-state index >= 15 is 0 Å². The Kier molecular flexibility index (Phi) is 6.43. The van der Waals surface area contributed by atoms with Gasteiger partial charge in [-0.25, -0.2) is 4.39 Å². The first kappa shape index (κ1) is 20.8. The van der Waals surface area contributed by atoms with Crippen LogP contribution in [0.3, 0.4) is 0 Å². The molecular formula is C20H15FN4O4S2. The Hall–Kier alpha value is -3.44. The van der Waals surface area contributed by atoms with Gasteiger partial charge in [-0.05, 0) is 42.0 Å². The monoisotopic (exact) mass is 458 g/mol. The number of carbonyl (C=O) groups excluding carboxylic acids is 2. The molecule has 8 nitrogen and oxygen atoms in total. The van der Waals surface area contributed by atoms with E-state index in [9.17, 15) is 14.0 Å². The first-order valence-electron chi connectivity index (χ1n) is 8.95. The number of rotatable bonds is 7. The second-order valence-corrected chi connectivity index (χ2v) is 8.36. The molecule has 2 N–H and O–H groups in total. The summed E-state index contributed by atoms with van der Waals surface area (Å²) >= 11 is 2.31. The number of ether oxygens (including phenoxy) is 2. The van der Waals surface area contributed by atoms with Gasteiger partial charge in [0, 0.05) is 11.8 Å². The van der Waals surface area contributed by atoms with Gasteiger partial charge in [0.15, 0.2) is 15.8 Å². The lowest BCUT2D eigenvalue weighted by Gasteiger charge is -2.03. The highest BCUT2D eigenvalue weighted by Gasteiger charge is 2.13. The lowest BCUT2D eigenvalue weighted by molar-refractivity contribution is -0.114. The summed E-state index contributed by atoms with van der Waals surface area (Å²) in [7, 11) is 0. The van der Waals surface area contributed by atoms with Crippen LogP contribution in [0.25, 0.3) is 6.08 Å². The van der Waals surface area contributed by atoms with Crippen molar-refractivity contribution in [2.24, 2.45) is 0 Å². The predicted octanol–water partition coefficient (Wildman–Crippen LogP) is 3.79. The Labute approximate surface area is 184 Å². The third-order valence-corrected chi connectivity index (χ3v) is 5.87. The molecule has 2 aromatic carbocycles. The molecule has 0 saturated heterocycles. The number of fused-ring (bicyclic) bond motifs is 1. The maximum atomic E-state index is 13.2. The van der Waals surface area contributed by atoms with Gasteiger partial charge in [-0.1, -0.05) is 35.2 Å². The average Bonchev–Trinajstić information content (AvgIpc) is 3.39. The molecule has 0 unspecified atom stereocenters. The first-order valence-corrected chi connectivity index (χ1v) is 10.8. The van der Waals surface area contributed by atoms with Crippen molar-refractivity contribution in [1.29, 1.82) is 0 Å². The van der Waals surface area contributed by atoms with E-state index in [1.54, 1.807) is 24.3 Å². The summed E-state index contributed by atoms with van der Waals surface area (Å²) in [5.74, 6) is 0.281. The summed E-state index contributed by atoms with van der Waals surface area (Å²) in [4.78, 5) is 24.1. The van der Waals surface area contributed by atoms with Crippen molar-refractivity contribution in [1.82, 2.24) is 10.2 Å². The van der Waals surface area contributed by atoms with Crippen LogP contribution < -0.4 is 20.1 Å². The van der Waals surface area contributed by atoms with Gasteiger partial charge >= 0.3 is 0 Å². The Morgan fingerprint density at radius 2 is 2.00 bits per heavy atom. The molecule has 0 radical (unpaired) electrons. The van der Waals surface area contributed by atoms with Gasteiger partial charge in [-0.3, -0.25) is 14.9 Å². The Morgan fingerprint density at radius 1 is 1.13 bits per heavy atom. The molecule has 2 amide bonds. The van der Waals surface area contributed by atoms with Crippen LogP contribution >= 0.6 is 23.1 Å². The zero-order valence-corrected chi connectivity index (χ0v) is 17.5. The van der Waals surface area contributed by atoms with Crippen molar-refractivity contribution in [3.63, 3.8) is 0 Å². The minimum atomic E-state index is -0.428. The third kappa shape index (κ3) is 5.80. The van der Waals surface area contributed by atoms with Gasteiger partial charge in [0.1, 0.15) is 5.82 Å². The number of halogens is 1. The van der Waals surface area contributed by atoms with Gasteiger partial charge in [0.2, 0.25) is 23.7 Å². The Balaban J connectivity index is 1.25. The molecule has 1 aromatic heterocycles. The topological polar surface area (TPSA) is 102 Å². The fourth-order valence-corrected chi connectivity index (χ4v) is 4.10.